The highest BCUT2D eigenvalue weighted by Gasteiger charge is 2.49. The Morgan fingerprint density at radius 1 is 1.24 bits per heavy atom. The molecule has 5 atom stereocenters. The monoisotopic (exact) mass is 399 g/mol. The van der Waals surface area contributed by atoms with Crippen LogP contribution in [0.3, 0.4) is 0 Å². The Kier molecular flexibility index (Phi) is 5.81. The van der Waals surface area contributed by atoms with Crippen molar-refractivity contribution in [3.63, 3.8) is 0 Å². The lowest BCUT2D eigenvalue weighted by atomic mass is 9.71. The number of amides is 2. The molecule has 2 amide bonds. The number of fused-ring (bicyclic) bond motifs is 4. The SMILES string of the molecule is CCC[C@H]1[C@H]2C[C@H](CN(C(=O)[C@@H](N)Cc3ccc(O)cc3)C2)[C@@H]2CCCC(=O)N21. The summed E-state index contributed by atoms with van der Waals surface area (Å²) in [6.45, 7) is 3.60. The number of piperidine rings is 3. The molecular weight excluding hydrogens is 366 g/mol. The van der Waals surface area contributed by atoms with Gasteiger partial charge in [-0.1, -0.05) is 25.5 Å². The number of phenolic OH excluding ortho intramolecular Hbond substituents is 1. The van der Waals surface area contributed by atoms with E-state index in [4.69, 9.17) is 5.73 Å². The van der Waals surface area contributed by atoms with Crippen LogP contribution in [0.15, 0.2) is 24.3 Å². The minimum absolute atomic E-state index is 0.0126. The second kappa shape index (κ2) is 8.34. The van der Waals surface area contributed by atoms with Crippen LogP contribution in [0, 0.1) is 11.8 Å². The van der Waals surface area contributed by atoms with Gasteiger partial charge >= 0.3 is 0 Å². The van der Waals surface area contributed by atoms with Crippen LogP contribution in [-0.2, 0) is 16.0 Å². The van der Waals surface area contributed by atoms with Gasteiger partial charge in [0.15, 0.2) is 0 Å². The molecule has 3 aliphatic rings. The molecule has 0 aliphatic carbocycles. The normalized spacial score (nSPS) is 30.1. The number of carbonyl (C=O) groups is 2. The van der Waals surface area contributed by atoms with E-state index in [0.717, 1.165) is 37.7 Å². The molecule has 6 heteroatoms. The molecular formula is C23H33N3O3. The Morgan fingerprint density at radius 3 is 2.69 bits per heavy atom. The highest BCUT2D eigenvalue weighted by Crippen LogP contribution is 2.43. The maximum atomic E-state index is 13.2. The number of likely N-dealkylation sites (tertiary alicyclic amines) is 1. The van der Waals surface area contributed by atoms with Crippen molar-refractivity contribution in [2.75, 3.05) is 13.1 Å². The lowest BCUT2D eigenvalue weighted by Gasteiger charge is -2.57. The summed E-state index contributed by atoms with van der Waals surface area (Å²) in [5.41, 5.74) is 7.25. The largest absolute Gasteiger partial charge is 0.508 e. The van der Waals surface area contributed by atoms with E-state index in [9.17, 15) is 14.7 Å². The molecule has 3 fully saturated rings. The molecule has 2 bridgehead atoms. The molecule has 6 nitrogen and oxygen atoms in total. The summed E-state index contributed by atoms with van der Waals surface area (Å²) in [5.74, 6) is 1.27. The zero-order valence-corrected chi connectivity index (χ0v) is 17.3. The Bertz CT molecular complexity index is 750. The first-order valence-electron chi connectivity index (χ1n) is 11.1. The zero-order chi connectivity index (χ0) is 20.5. The summed E-state index contributed by atoms with van der Waals surface area (Å²) >= 11 is 0. The smallest absolute Gasteiger partial charge is 0.239 e. The van der Waals surface area contributed by atoms with Gasteiger partial charge < -0.3 is 20.6 Å². The van der Waals surface area contributed by atoms with E-state index in [2.05, 4.69) is 11.8 Å². The van der Waals surface area contributed by atoms with Gasteiger partial charge in [-0.15, -0.1) is 0 Å². The minimum Gasteiger partial charge on any atom is -0.508 e. The molecule has 158 valence electrons. The van der Waals surface area contributed by atoms with Gasteiger partial charge in [0.2, 0.25) is 11.8 Å². The second-order valence-corrected chi connectivity index (χ2v) is 9.09. The first kappa shape index (κ1) is 20.2. The van der Waals surface area contributed by atoms with Crippen LogP contribution in [0.2, 0.25) is 0 Å². The summed E-state index contributed by atoms with van der Waals surface area (Å²) < 4.78 is 0. The molecule has 29 heavy (non-hydrogen) atoms. The maximum Gasteiger partial charge on any atom is 0.239 e. The quantitative estimate of drug-likeness (QED) is 0.795. The summed E-state index contributed by atoms with van der Waals surface area (Å²) in [6.07, 6.45) is 6.36. The summed E-state index contributed by atoms with van der Waals surface area (Å²) in [7, 11) is 0. The Labute approximate surface area is 173 Å². The molecule has 3 N–H and O–H groups in total. The molecule has 0 spiro atoms. The molecule has 3 aliphatic heterocycles. The molecule has 3 saturated heterocycles. The van der Waals surface area contributed by atoms with Gasteiger partial charge in [-0.05, 0) is 61.6 Å². The lowest BCUT2D eigenvalue weighted by molar-refractivity contribution is -0.157. The summed E-state index contributed by atoms with van der Waals surface area (Å²) in [6, 6.07) is 6.86. The predicted molar refractivity (Wildman–Crippen MR) is 111 cm³/mol. The number of hydrogen-bond acceptors (Lipinski definition) is 4. The Morgan fingerprint density at radius 2 is 1.97 bits per heavy atom. The molecule has 4 rings (SSSR count). The van der Waals surface area contributed by atoms with E-state index in [0.29, 0.717) is 43.7 Å². The van der Waals surface area contributed by atoms with Gasteiger partial charge in [-0.2, -0.15) is 0 Å². The van der Waals surface area contributed by atoms with E-state index in [1.807, 2.05) is 17.0 Å². The number of aromatic hydroxyl groups is 1. The number of rotatable bonds is 5. The highest BCUT2D eigenvalue weighted by molar-refractivity contribution is 5.82. The lowest BCUT2D eigenvalue weighted by Crippen LogP contribution is -2.66. The van der Waals surface area contributed by atoms with Crippen LogP contribution in [-0.4, -0.2) is 57.9 Å². The van der Waals surface area contributed by atoms with Crippen LogP contribution in [0.1, 0.15) is 51.0 Å². The fourth-order valence-electron chi connectivity index (χ4n) is 5.83. The zero-order valence-electron chi connectivity index (χ0n) is 17.3. The topological polar surface area (TPSA) is 86.9 Å². The van der Waals surface area contributed by atoms with Crippen molar-refractivity contribution >= 4 is 11.8 Å². The van der Waals surface area contributed by atoms with Crippen molar-refractivity contribution in [2.45, 2.75) is 70.0 Å². The molecule has 0 radical (unpaired) electrons. The van der Waals surface area contributed by atoms with Crippen LogP contribution >= 0.6 is 0 Å². The summed E-state index contributed by atoms with van der Waals surface area (Å²) in [5, 5.41) is 9.44. The van der Waals surface area contributed by atoms with E-state index in [-0.39, 0.29) is 23.7 Å². The standard InChI is InChI=1S/C23H33N3O3/c1-2-4-20-16-12-17(21-5-3-6-22(28)26(20)21)14-25(13-16)23(29)19(24)11-15-7-9-18(27)10-8-15/h7-10,16-17,19-21,27H,2-6,11-14,24H2,1H3/t16-,17+,19-,20-,21-/m0/s1. The third kappa shape index (κ3) is 4.00. The molecule has 0 aromatic heterocycles. The predicted octanol–water partition coefficient (Wildman–Crippen LogP) is 2.29. The molecule has 0 unspecified atom stereocenters. The van der Waals surface area contributed by atoms with E-state index in [1.165, 1.54) is 0 Å². The fraction of sp³-hybridized carbons (Fsp3) is 0.652. The van der Waals surface area contributed by atoms with Crippen LogP contribution in [0.25, 0.3) is 0 Å². The first-order chi connectivity index (χ1) is 14.0. The molecule has 0 saturated carbocycles. The van der Waals surface area contributed by atoms with Crippen LogP contribution < -0.4 is 5.73 Å². The van der Waals surface area contributed by atoms with Crippen molar-refractivity contribution in [3.8, 4) is 5.75 Å². The van der Waals surface area contributed by atoms with E-state index in [1.54, 1.807) is 12.1 Å². The second-order valence-electron chi connectivity index (χ2n) is 9.09. The van der Waals surface area contributed by atoms with Gasteiger partial charge in [0.1, 0.15) is 5.75 Å². The van der Waals surface area contributed by atoms with Gasteiger partial charge in [-0.25, -0.2) is 0 Å². The van der Waals surface area contributed by atoms with Crippen LogP contribution in [0.5, 0.6) is 5.75 Å². The van der Waals surface area contributed by atoms with Crippen molar-refractivity contribution in [1.82, 2.24) is 9.80 Å². The molecule has 1 aromatic rings. The van der Waals surface area contributed by atoms with E-state index >= 15 is 0 Å². The summed E-state index contributed by atoms with van der Waals surface area (Å²) in [4.78, 5) is 30.1. The number of benzene rings is 1. The van der Waals surface area contributed by atoms with Crippen molar-refractivity contribution in [3.05, 3.63) is 29.8 Å². The van der Waals surface area contributed by atoms with Crippen LogP contribution in [0.4, 0.5) is 0 Å². The first-order valence-corrected chi connectivity index (χ1v) is 11.1. The van der Waals surface area contributed by atoms with Crippen molar-refractivity contribution < 1.29 is 14.7 Å². The molecule has 1 aromatic carbocycles. The third-order valence-electron chi connectivity index (χ3n) is 7.10. The number of nitrogens with two attached hydrogens (primary N) is 1. The number of nitrogens with zero attached hydrogens (tertiary/aromatic N) is 2. The van der Waals surface area contributed by atoms with E-state index < -0.39 is 6.04 Å². The third-order valence-corrected chi connectivity index (χ3v) is 7.10. The minimum atomic E-state index is -0.577. The van der Waals surface area contributed by atoms with Crippen molar-refractivity contribution in [2.24, 2.45) is 17.6 Å². The van der Waals surface area contributed by atoms with Gasteiger partial charge in [-0.3, -0.25) is 9.59 Å². The van der Waals surface area contributed by atoms with Gasteiger partial charge in [0.25, 0.3) is 0 Å². The Balaban J connectivity index is 1.48. The van der Waals surface area contributed by atoms with Crippen molar-refractivity contribution in [1.29, 1.82) is 0 Å². The van der Waals surface area contributed by atoms with Gasteiger partial charge in [0, 0.05) is 31.6 Å². The average Bonchev–Trinajstić information content (AvgIpc) is 2.72. The Hall–Kier alpha value is -2.08. The van der Waals surface area contributed by atoms with Gasteiger partial charge in [0.05, 0.1) is 6.04 Å². The highest BCUT2D eigenvalue weighted by atomic mass is 16.3. The fourth-order valence-corrected chi connectivity index (χ4v) is 5.83. The maximum absolute atomic E-state index is 13.2. The number of hydrogen-bond donors (Lipinski definition) is 2. The number of carbonyl (C=O) groups excluding carboxylic acids is 2. The molecule has 3 heterocycles. The number of phenols is 1. The average molecular weight is 400 g/mol.